The summed E-state index contributed by atoms with van der Waals surface area (Å²) in [6.07, 6.45) is 34.5. The number of hydrogen-bond acceptors (Lipinski definition) is 4. The molecule has 0 aromatic carbocycles. The third kappa shape index (κ3) is 27.7. The van der Waals surface area contributed by atoms with E-state index in [0.29, 0.717) is 12.8 Å². The zero-order chi connectivity index (χ0) is 30.2. The van der Waals surface area contributed by atoms with Crippen LogP contribution in [0.1, 0.15) is 187 Å². The van der Waals surface area contributed by atoms with Crippen LogP contribution in [-0.4, -0.2) is 46.1 Å². The Bertz CT molecular complexity index is 568. The molecule has 0 aromatic heterocycles. The summed E-state index contributed by atoms with van der Waals surface area (Å²) in [5, 5.41) is 33.2. The lowest BCUT2D eigenvalue weighted by atomic mass is 9.99. The van der Waals surface area contributed by atoms with E-state index in [2.05, 4.69) is 31.3 Å². The number of unbranched alkanes of at least 4 members (excludes halogenated alkanes) is 22. The lowest BCUT2D eigenvalue weighted by Gasteiger charge is -2.26. The van der Waals surface area contributed by atoms with Crippen molar-refractivity contribution in [3.05, 3.63) is 12.2 Å². The Morgan fingerprint density at radius 3 is 1.41 bits per heavy atom. The number of aliphatic hydroxyl groups excluding tert-OH is 3. The number of rotatable bonds is 32. The van der Waals surface area contributed by atoms with Gasteiger partial charge in [-0.2, -0.15) is 0 Å². The topological polar surface area (TPSA) is 89.8 Å². The van der Waals surface area contributed by atoms with Crippen LogP contribution in [0.15, 0.2) is 12.2 Å². The van der Waals surface area contributed by atoms with E-state index in [0.717, 1.165) is 44.9 Å². The maximum atomic E-state index is 12.3. The van der Waals surface area contributed by atoms with Gasteiger partial charge in [-0.1, -0.05) is 154 Å². The molecule has 0 heterocycles. The van der Waals surface area contributed by atoms with Gasteiger partial charge in [0.2, 0.25) is 5.91 Å². The predicted molar refractivity (Wildman–Crippen MR) is 176 cm³/mol. The van der Waals surface area contributed by atoms with Crippen molar-refractivity contribution < 1.29 is 20.1 Å². The third-order valence-electron chi connectivity index (χ3n) is 8.37. The van der Waals surface area contributed by atoms with Gasteiger partial charge >= 0.3 is 0 Å². The predicted octanol–water partition coefficient (Wildman–Crippen LogP) is 9.31. The van der Waals surface area contributed by atoms with Crippen molar-refractivity contribution in [1.29, 1.82) is 0 Å². The summed E-state index contributed by atoms with van der Waals surface area (Å²) in [7, 11) is 0. The molecule has 0 saturated carbocycles. The quantitative estimate of drug-likeness (QED) is 0.0471. The molecule has 0 aromatic rings. The number of allylic oxidation sites excluding steroid dienone is 2. The van der Waals surface area contributed by atoms with Crippen LogP contribution in [0.25, 0.3) is 0 Å². The van der Waals surface area contributed by atoms with Crippen molar-refractivity contribution in [3.63, 3.8) is 0 Å². The van der Waals surface area contributed by atoms with Gasteiger partial charge in [0.15, 0.2) is 0 Å². The Hall–Kier alpha value is -0.910. The Morgan fingerprint density at radius 2 is 0.976 bits per heavy atom. The lowest BCUT2D eigenvalue weighted by molar-refractivity contribution is -0.124. The molecule has 0 rings (SSSR count). The zero-order valence-electron chi connectivity index (χ0n) is 27.4. The average Bonchev–Trinajstić information content (AvgIpc) is 2.97. The van der Waals surface area contributed by atoms with Gasteiger partial charge in [-0.15, -0.1) is 0 Å². The fraction of sp³-hybridized carbons (Fsp3) is 0.917. The van der Waals surface area contributed by atoms with Crippen LogP contribution < -0.4 is 5.32 Å². The van der Waals surface area contributed by atoms with Crippen molar-refractivity contribution in [2.24, 2.45) is 0 Å². The molecule has 4 N–H and O–H groups in total. The molecule has 0 spiro atoms. The molecule has 3 atom stereocenters. The molecule has 5 nitrogen and oxygen atoms in total. The standard InChI is InChI=1S/C36H71NO4/c1-3-5-7-9-11-13-14-15-16-17-18-19-20-21-23-25-27-29-31-35(40)37-33(32-38)36(41)34(39)30-28-26-24-22-12-10-8-6-4-2/h18-19,33-34,36,38-39,41H,3-17,20-32H2,1-2H3,(H,37,40)/b19-18-. The Balaban J connectivity index is 3.67. The SMILES string of the molecule is CCCCCCCCCCC/C=C\CCCCCCCC(=O)NC(CO)C(O)C(O)CCCCCCCCCCC. The van der Waals surface area contributed by atoms with E-state index in [1.165, 1.54) is 116 Å². The third-order valence-corrected chi connectivity index (χ3v) is 8.37. The molecule has 0 radical (unpaired) electrons. The molecule has 1 amide bonds. The van der Waals surface area contributed by atoms with Crippen LogP contribution in [0.5, 0.6) is 0 Å². The van der Waals surface area contributed by atoms with Crippen LogP contribution in [0.2, 0.25) is 0 Å². The van der Waals surface area contributed by atoms with E-state index >= 15 is 0 Å². The monoisotopic (exact) mass is 582 g/mol. The average molecular weight is 582 g/mol. The molecule has 0 bridgehead atoms. The van der Waals surface area contributed by atoms with Gasteiger partial charge in [-0.25, -0.2) is 0 Å². The number of amides is 1. The Labute approximate surface area is 255 Å². The fourth-order valence-corrected chi connectivity index (χ4v) is 5.51. The van der Waals surface area contributed by atoms with Crippen LogP contribution in [0, 0.1) is 0 Å². The maximum Gasteiger partial charge on any atom is 0.220 e. The van der Waals surface area contributed by atoms with E-state index in [1.54, 1.807) is 0 Å². The zero-order valence-corrected chi connectivity index (χ0v) is 27.4. The first-order chi connectivity index (χ1) is 20.1. The Kier molecular flexibility index (Phi) is 31.3. The van der Waals surface area contributed by atoms with Crippen molar-refractivity contribution in [3.8, 4) is 0 Å². The van der Waals surface area contributed by atoms with Crippen LogP contribution in [0.4, 0.5) is 0 Å². The van der Waals surface area contributed by atoms with E-state index < -0.39 is 18.2 Å². The van der Waals surface area contributed by atoms with Gasteiger partial charge in [-0.3, -0.25) is 4.79 Å². The summed E-state index contributed by atoms with van der Waals surface area (Å²) in [5.74, 6) is -0.155. The van der Waals surface area contributed by atoms with Gasteiger partial charge in [-0.05, 0) is 38.5 Å². The summed E-state index contributed by atoms with van der Waals surface area (Å²) >= 11 is 0. The van der Waals surface area contributed by atoms with Crippen molar-refractivity contribution in [1.82, 2.24) is 5.32 Å². The molecular formula is C36H71NO4. The lowest BCUT2D eigenvalue weighted by Crippen LogP contribution is -2.50. The smallest absolute Gasteiger partial charge is 0.220 e. The minimum absolute atomic E-state index is 0.155. The minimum atomic E-state index is -1.13. The molecule has 3 unspecified atom stereocenters. The first-order valence-electron chi connectivity index (χ1n) is 18.0. The second-order valence-electron chi connectivity index (χ2n) is 12.4. The molecule has 0 aliphatic rings. The van der Waals surface area contributed by atoms with Crippen molar-refractivity contribution >= 4 is 5.91 Å². The first kappa shape index (κ1) is 40.1. The number of hydrogen-bond donors (Lipinski definition) is 4. The minimum Gasteiger partial charge on any atom is -0.394 e. The highest BCUT2D eigenvalue weighted by Gasteiger charge is 2.26. The normalized spacial score (nSPS) is 14.0. The second kappa shape index (κ2) is 32.0. The molecule has 0 saturated heterocycles. The highest BCUT2D eigenvalue weighted by molar-refractivity contribution is 5.76. The molecule has 0 aliphatic carbocycles. The van der Waals surface area contributed by atoms with Crippen LogP contribution >= 0.6 is 0 Å². The highest BCUT2D eigenvalue weighted by Crippen LogP contribution is 2.15. The van der Waals surface area contributed by atoms with Crippen LogP contribution in [0.3, 0.4) is 0 Å². The van der Waals surface area contributed by atoms with Crippen molar-refractivity contribution in [2.75, 3.05) is 6.61 Å². The summed E-state index contributed by atoms with van der Waals surface area (Å²) in [6.45, 7) is 4.14. The number of aliphatic hydroxyl groups is 3. The second-order valence-corrected chi connectivity index (χ2v) is 12.4. The van der Waals surface area contributed by atoms with Gasteiger partial charge < -0.3 is 20.6 Å². The highest BCUT2D eigenvalue weighted by atomic mass is 16.3. The van der Waals surface area contributed by atoms with Crippen molar-refractivity contribution in [2.45, 2.75) is 205 Å². The summed E-state index contributed by atoms with van der Waals surface area (Å²) in [4.78, 5) is 12.3. The molecule has 41 heavy (non-hydrogen) atoms. The van der Waals surface area contributed by atoms with Gasteiger partial charge in [0.1, 0.15) is 6.10 Å². The summed E-state index contributed by atoms with van der Waals surface area (Å²) < 4.78 is 0. The van der Waals surface area contributed by atoms with Crippen LogP contribution in [-0.2, 0) is 4.79 Å². The number of carbonyl (C=O) groups is 1. The summed E-state index contributed by atoms with van der Waals surface area (Å²) in [6, 6.07) is -0.807. The van der Waals surface area contributed by atoms with Gasteiger partial charge in [0.25, 0.3) is 0 Å². The van der Waals surface area contributed by atoms with Gasteiger partial charge in [0.05, 0.1) is 18.8 Å². The molecule has 0 fully saturated rings. The maximum absolute atomic E-state index is 12.3. The largest absolute Gasteiger partial charge is 0.394 e. The van der Waals surface area contributed by atoms with E-state index in [4.69, 9.17) is 0 Å². The van der Waals surface area contributed by atoms with Gasteiger partial charge in [0, 0.05) is 6.42 Å². The Morgan fingerprint density at radius 1 is 0.585 bits per heavy atom. The molecule has 0 aliphatic heterocycles. The molecular weight excluding hydrogens is 510 g/mol. The molecule has 5 heteroatoms. The number of carbonyl (C=O) groups excluding carboxylic acids is 1. The van der Waals surface area contributed by atoms with E-state index in [-0.39, 0.29) is 12.5 Å². The first-order valence-corrected chi connectivity index (χ1v) is 18.0. The van der Waals surface area contributed by atoms with E-state index in [1.807, 2.05) is 0 Å². The molecule has 244 valence electrons. The number of nitrogens with one attached hydrogen (secondary N) is 1. The fourth-order valence-electron chi connectivity index (χ4n) is 5.51. The van der Waals surface area contributed by atoms with E-state index in [9.17, 15) is 20.1 Å². The summed E-state index contributed by atoms with van der Waals surface area (Å²) in [5.41, 5.74) is 0.